The lowest BCUT2D eigenvalue weighted by Crippen LogP contribution is -2.36. The summed E-state index contributed by atoms with van der Waals surface area (Å²) >= 11 is 3.39. The molecule has 1 aromatic carbocycles. The van der Waals surface area contributed by atoms with E-state index >= 15 is 0 Å². The van der Waals surface area contributed by atoms with Gasteiger partial charge < -0.3 is 14.7 Å². The molecule has 0 spiro atoms. The number of hydrogen-bond donors (Lipinski definition) is 1. The van der Waals surface area contributed by atoms with Gasteiger partial charge in [-0.25, -0.2) is 0 Å². The minimum atomic E-state index is -0.442. The molecule has 0 radical (unpaired) electrons. The Labute approximate surface area is 137 Å². The largest absolute Gasteiger partial charge is 0.491 e. The Morgan fingerprint density at radius 3 is 2.19 bits per heavy atom. The lowest BCUT2D eigenvalue weighted by atomic mass is 10.2. The molecule has 1 N–H and O–H groups in total. The standard InChI is InChI=1S/C17H28BrNO2/c1-3-5-11-19(12-6-4-2)13-16(20)14-21-17-9-7-15(18)8-10-17/h7-10,16,20H,3-6,11-14H2,1-2H3/t16-/m1/s1. The summed E-state index contributed by atoms with van der Waals surface area (Å²) in [5.74, 6) is 0.797. The van der Waals surface area contributed by atoms with Gasteiger partial charge in [0, 0.05) is 11.0 Å². The molecule has 0 unspecified atom stereocenters. The molecule has 0 aliphatic heterocycles. The Hall–Kier alpha value is -0.580. The molecule has 0 aliphatic carbocycles. The van der Waals surface area contributed by atoms with Gasteiger partial charge in [0.2, 0.25) is 0 Å². The van der Waals surface area contributed by atoms with E-state index in [9.17, 15) is 5.11 Å². The number of halogens is 1. The van der Waals surface area contributed by atoms with Crippen molar-refractivity contribution in [2.45, 2.75) is 45.6 Å². The number of ether oxygens (including phenoxy) is 1. The molecule has 0 fully saturated rings. The van der Waals surface area contributed by atoms with Crippen molar-refractivity contribution in [3.05, 3.63) is 28.7 Å². The molecule has 1 atom stereocenters. The van der Waals surface area contributed by atoms with Crippen LogP contribution in [0.3, 0.4) is 0 Å². The Kier molecular flexibility index (Phi) is 9.72. The molecule has 21 heavy (non-hydrogen) atoms. The molecule has 0 aliphatic rings. The Balaban J connectivity index is 2.34. The van der Waals surface area contributed by atoms with E-state index in [2.05, 4.69) is 34.7 Å². The highest BCUT2D eigenvalue weighted by atomic mass is 79.9. The fourth-order valence-corrected chi connectivity index (χ4v) is 2.40. The maximum absolute atomic E-state index is 10.2. The fraction of sp³-hybridized carbons (Fsp3) is 0.647. The smallest absolute Gasteiger partial charge is 0.119 e. The second kappa shape index (κ2) is 11.0. The third kappa shape index (κ3) is 8.44. The molecular weight excluding hydrogens is 330 g/mol. The fourth-order valence-electron chi connectivity index (χ4n) is 2.13. The lowest BCUT2D eigenvalue weighted by molar-refractivity contribution is 0.0671. The number of nitrogens with zero attached hydrogens (tertiary/aromatic N) is 1. The van der Waals surface area contributed by atoms with Crippen molar-refractivity contribution in [1.82, 2.24) is 4.90 Å². The highest BCUT2D eigenvalue weighted by Crippen LogP contribution is 2.16. The van der Waals surface area contributed by atoms with Crippen molar-refractivity contribution < 1.29 is 9.84 Å². The van der Waals surface area contributed by atoms with Crippen LogP contribution in [0, 0.1) is 0 Å². The van der Waals surface area contributed by atoms with E-state index in [0.717, 1.165) is 23.3 Å². The van der Waals surface area contributed by atoms with Crippen LogP contribution in [0.1, 0.15) is 39.5 Å². The topological polar surface area (TPSA) is 32.7 Å². The summed E-state index contributed by atoms with van der Waals surface area (Å²) in [6.07, 6.45) is 4.30. The number of aliphatic hydroxyl groups is 1. The normalized spacial score (nSPS) is 12.6. The van der Waals surface area contributed by atoms with Crippen LogP contribution in [-0.2, 0) is 0 Å². The highest BCUT2D eigenvalue weighted by Gasteiger charge is 2.12. The van der Waals surface area contributed by atoms with Gasteiger partial charge in [-0.3, -0.25) is 0 Å². The van der Waals surface area contributed by atoms with Gasteiger partial charge in [0.1, 0.15) is 18.5 Å². The summed E-state index contributed by atoms with van der Waals surface area (Å²) in [4.78, 5) is 2.35. The zero-order chi connectivity index (χ0) is 15.5. The van der Waals surface area contributed by atoms with Crippen LogP contribution in [0.2, 0.25) is 0 Å². The van der Waals surface area contributed by atoms with Crippen molar-refractivity contribution in [2.75, 3.05) is 26.2 Å². The molecule has 120 valence electrons. The van der Waals surface area contributed by atoms with Crippen LogP contribution in [0.5, 0.6) is 5.75 Å². The Bertz CT molecular complexity index is 362. The molecule has 1 aromatic rings. The average molecular weight is 358 g/mol. The summed E-state index contributed by atoms with van der Waals surface area (Å²) < 4.78 is 6.66. The van der Waals surface area contributed by atoms with E-state index in [4.69, 9.17) is 4.74 Å². The molecule has 0 saturated heterocycles. The third-order valence-electron chi connectivity index (χ3n) is 3.38. The van der Waals surface area contributed by atoms with Crippen molar-refractivity contribution in [2.24, 2.45) is 0 Å². The van der Waals surface area contributed by atoms with Gasteiger partial charge in [-0.1, -0.05) is 42.6 Å². The zero-order valence-electron chi connectivity index (χ0n) is 13.2. The maximum Gasteiger partial charge on any atom is 0.119 e. The van der Waals surface area contributed by atoms with E-state index in [-0.39, 0.29) is 0 Å². The molecular formula is C17H28BrNO2. The highest BCUT2D eigenvalue weighted by molar-refractivity contribution is 9.10. The van der Waals surface area contributed by atoms with Gasteiger partial charge in [-0.2, -0.15) is 0 Å². The molecule has 0 heterocycles. The van der Waals surface area contributed by atoms with E-state index in [1.54, 1.807) is 0 Å². The van der Waals surface area contributed by atoms with E-state index < -0.39 is 6.10 Å². The first-order valence-corrected chi connectivity index (χ1v) is 8.73. The first-order valence-electron chi connectivity index (χ1n) is 7.94. The van der Waals surface area contributed by atoms with Gasteiger partial charge in [0.05, 0.1) is 0 Å². The summed E-state index contributed by atoms with van der Waals surface area (Å²) in [5, 5.41) is 10.2. The molecule has 1 rings (SSSR count). The van der Waals surface area contributed by atoms with Crippen LogP contribution < -0.4 is 4.74 Å². The second-order valence-corrected chi connectivity index (χ2v) is 6.34. The molecule has 0 bridgehead atoms. The third-order valence-corrected chi connectivity index (χ3v) is 3.91. The number of rotatable bonds is 11. The molecule has 0 aromatic heterocycles. The summed E-state index contributed by atoms with van der Waals surface area (Å²) in [5.41, 5.74) is 0. The minimum absolute atomic E-state index is 0.344. The van der Waals surface area contributed by atoms with Crippen LogP contribution in [-0.4, -0.2) is 42.4 Å². The second-order valence-electron chi connectivity index (χ2n) is 5.43. The molecule has 4 heteroatoms. The minimum Gasteiger partial charge on any atom is -0.491 e. The molecule has 3 nitrogen and oxygen atoms in total. The van der Waals surface area contributed by atoms with Crippen LogP contribution in [0.25, 0.3) is 0 Å². The molecule has 0 amide bonds. The average Bonchev–Trinajstić information content (AvgIpc) is 2.49. The number of unbranched alkanes of at least 4 members (excludes halogenated alkanes) is 2. The number of aliphatic hydroxyl groups excluding tert-OH is 1. The lowest BCUT2D eigenvalue weighted by Gasteiger charge is -2.24. The first kappa shape index (κ1) is 18.5. The summed E-state index contributed by atoms with van der Waals surface area (Å²) in [7, 11) is 0. The van der Waals surface area contributed by atoms with Crippen LogP contribution in [0.15, 0.2) is 28.7 Å². The monoisotopic (exact) mass is 357 g/mol. The number of hydrogen-bond acceptors (Lipinski definition) is 3. The van der Waals surface area contributed by atoms with Crippen molar-refractivity contribution in [3.8, 4) is 5.75 Å². The van der Waals surface area contributed by atoms with Gasteiger partial charge in [0.25, 0.3) is 0 Å². The van der Waals surface area contributed by atoms with Gasteiger partial charge >= 0.3 is 0 Å². The van der Waals surface area contributed by atoms with Gasteiger partial charge in [-0.15, -0.1) is 0 Å². The summed E-state index contributed by atoms with van der Waals surface area (Å²) in [6, 6.07) is 7.69. The number of benzene rings is 1. The predicted octanol–water partition coefficient (Wildman–Crippen LogP) is 4.09. The van der Waals surface area contributed by atoms with E-state index in [0.29, 0.717) is 13.2 Å². The van der Waals surface area contributed by atoms with Gasteiger partial charge in [0.15, 0.2) is 0 Å². The van der Waals surface area contributed by atoms with E-state index in [1.165, 1.54) is 25.7 Å². The van der Waals surface area contributed by atoms with Crippen LogP contribution in [0.4, 0.5) is 0 Å². The van der Waals surface area contributed by atoms with Gasteiger partial charge in [-0.05, 0) is 50.2 Å². The maximum atomic E-state index is 10.2. The van der Waals surface area contributed by atoms with Crippen molar-refractivity contribution in [3.63, 3.8) is 0 Å². The Morgan fingerprint density at radius 2 is 1.67 bits per heavy atom. The van der Waals surface area contributed by atoms with Crippen molar-refractivity contribution >= 4 is 15.9 Å². The Morgan fingerprint density at radius 1 is 1.10 bits per heavy atom. The van der Waals surface area contributed by atoms with Crippen LogP contribution >= 0.6 is 15.9 Å². The van der Waals surface area contributed by atoms with E-state index in [1.807, 2.05) is 24.3 Å². The first-order chi connectivity index (χ1) is 10.2. The SMILES string of the molecule is CCCCN(CCCC)C[C@@H](O)COc1ccc(Br)cc1. The zero-order valence-corrected chi connectivity index (χ0v) is 14.8. The predicted molar refractivity (Wildman–Crippen MR) is 91.9 cm³/mol. The molecule has 0 saturated carbocycles. The summed E-state index contributed by atoms with van der Waals surface area (Å²) in [6.45, 7) is 7.56. The quantitative estimate of drug-likeness (QED) is 0.647. The van der Waals surface area contributed by atoms with Crippen molar-refractivity contribution in [1.29, 1.82) is 0 Å².